The standard InChI is InChI=1S/C26H33FN2O/c1-16(2)28-26(30)19(5)13-20-12-18(4)24(14-17(20)3)23-11-10-22(15-25(23)27)29-21-8-6-7-9-21/h10-16,21,29H,6-9H2,1-5H3,(H,28,30)/b19-13+. The molecule has 1 fully saturated rings. The number of rotatable bonds is 6. The maximum absolute atomic E-state index is 15.0. The van der Waals surface area contributed by atoms with E-state index in [0.29, 0.717) is 17.2 Å². The number of carbonyl (C=O) groups is 1. The summed E-state index contributed by atoms with van der Waals surface area (Å²) < 4.78 is 15.0. The van der Waals surface area contributed by atoms with Crippen LogP contribution in [0, 0.1) is 19.7 Å². The number of amides is 1. The third-order valence-corrected chi connectivity index (χ3v) is 5.75. The normalized spacial score (nSPS) is 15.0. The van der Waals surface area contributed by atoms with Crippen LogP contribution in [0.25, 0.3) is 17.2 Å². The van der Waals surface area contributed by atoms with Gasteiger partial charge in [0.1, 0.15) is 5.82 Å². The fraction of sp³-hybridized carbons (Fsp3) is 0.423. The van der Waals surface area contributed by atoms with Crippen LogP contribution in [-0.4, -0.2) is 18.0 Å². The second-order valence-electron chi connectivity index (χ2n) is 8.80. The van der Waals surface area contributed by atoms with Crippen LogP contribution in [0.2, 0.25) is 0 Å². The first kappa shape index (κ1) is 22.1. The van der Waals surface area contributed by atoms with E-state index in [1.54, 1.807) is 6.07 Å². The quantitative estimate of drug-likeness (QED) is 0.544. The zero-order valence-electron chi connectivity index (χ0n) is 18.7. The van der Waals surface area contributed by atoms with Gasteiger partial charge in [-0.25, -0.2) is 4.39 Å². The van der Waals surface area contributed by atoms with Gasteiger partial charge in [-0.05, 0) is 94.0 Å². The van der Waals surface area contributed by atoms with Crippen LogP contribution < -0.4 is 10.6 Å². The van der Waals surface area contributed by atoms with Crippen molar-refractivity contribution in [2.24, 2.45) is 0 Å². The van der Waals surface area contributed by atoms with E-state index in [2.05, 4.69) is 10.6 Å². The minimum absolute atomic E-state index is 0.0671. The molecule has 3 nitrogen and oxygen atoms in total. The number of nitrogens with one attached hydrogen (secondary N) is 2. The highest BCUT2D eigenvalue weighted by Crippen LogP contribution is 2.32. The molecule has 2 N–H and O–H groups in total. The number of aryl methyl sites for hydroxylation is 2. The van der Waals surface area contributed by atoms with Gasteiger partial charge in [-0.15, -0.1) is 0 Å². The Balaban J connectivity index is 1.85. The van der Waals surface area contributed by atoms with Crippen LogP contribution in [0.5, 0.6) is 0 Å². The number of hydrogen-bond donors (Lipinski definition) is 2. The molecular formula is C26H33FN2O. The third-order valence-electron chi connectivity index (χ3n) is 5.75. The summed E-state index contributed by atoms with van der Waals surface area (Å²) in [4.78, 5) is 12.2. The van der Waals surface area contributed by atoms with Crippen LogP contribution in [0.1, 0.15) is 63.1 Å². The van der Waals surface area contributed by atoms with Gasteiger partial charge in [0.15, 0.2) is 0 Å². The molecule has 0 atom stereocenters. The zero-order chi connectivity index (χ0) is 21.8. The van der Waals surface area contributed by atoms with Gasteiger partial charge in [0, 0.05) is 28.9 Å². The van der Waals surface area contributed by atoms with E-state index in [0.717, 1.165) is 40.8 Å². The van der Waals surface area contributed by atoms with Crippen LogP contribution in [-0.2, 0) is 4.79 Å². The van der Waals surface area contributed by atoms with E-state index in [1.165, 1.54) is 12.8 Å². The zero-order valence-corrected chi connectivity index (χ0v) is 18.7. The molecule has 2 aromatic carbocycles. The van der Waals surface area contributed by atoms with Gasteiger partial charge in [-0.1, -0.05) is 25.0 Å². The monoisotopic (exact) mass is 408 g/mol. The Morgan fingerprint density at radius 2 is 1.77 bits per heavy atom. The first-order valence-corrected chi connectivity index (χ1v) is 10.9. The molecule has 0 heterocycles. The maximum Gasteiger partial charge on any atom is 0.247 e. The summed E-state index contributed by atoms with van der Waals surface area (Å²) >= 11 is 0. The summed E-state index contributed by atoms with van der Waals surface area (Å²) in [5.74, 6) is -0.279. The fourth-order valence-electron chi connectivity index (χ4n) is 4.09. The second-order valence-corrected chi connectivity index (χ2v) is 8.80. The minimum Gasteiger partial charge on any atom is -0.382 e. The fourth-order valence-corrected chi connectivity index (χ4v) is 4.09. The topological polar surface area (TPSA) is 41.1 Å². The molecule has 0 aromatic heterocycles. The van der Waals surface area contributed by atoms with E-state index >= 15 is 0 Å². The lowest BCUT2D eigenvalue weighted by molar-refractivity contribution is -0.117. The highest BCUT2D eigenvalue weighted by atomic mass is 19.1. The van der Waals surface area contributed by atoms with Gasteiger partial charge in [0.05, 0.1) is 0 Å². The predicted octanol–water partition coefficient (Wildman–Crippen LogP) is 6.39. The molecule has 1 aliphatic carbocycles. The highest BCUT2D eigenvalue weighted by Gasteiger charge is 2.16. The summed E-state index contributed by atoms with van der Waals surface area (Å²) in [5, 5.41) is 6.37. The molecule has 0 bridgehead atoms. The van der Waals surface area contributed by atoms with E-state index in [4.69, 9.17) is 0 Å². The highest BCUT2D eigenvalue weighted by molar-refractivity contribution is 5.97. The van der Waals surface area contributed by atoms with Crippen molar-refractivity contribution in [3.63, 3.8) is 0 Å². The van der Waals surface area contributed by atoms with Crippen LogP contribution >= 0.6 is 0 Å². The maximum atomic E-state index is 15.0. The molecule has 2 aromatic rings. The molecule has 4 heteroatoms. The summed E-state index contributed by atoms with van der Waals surface area (Å²) in [5.41, 5.74) is 5.99. The summed E-state index contributed by atoms with van der Waals surface area (Å²) in [6.45, 7) is 9.68. The molecule has 1 saturated carbocycles. The first-order valence-electron chi connectivity index (χ1n) is 10.9. The summed E-state index contributed by atoms with van der Waals surface area (Å²) in [6.07, 6.45) is 6.71. The smallest absolute Gasteiger partial charge is 0.247 e. The van der Waals surface area contributed by atoms with Gasteiger partial charge < -0.3 is 10.6 Å². The molecule has 0 unspecified atom stereocenters. The Morgan fingerprint density at radius 1 is 1.07 bits per heavy atom. The van der Waals surface area contributed by atoms with Gasteiger partial charge in [0.2, 0.25) is 5.91 Å². The van der Waals surface area contributed by atoms with Crippen molar-refractivity contribution in [1.82, 2.24) is 5.32 Å². The molecule has 1 aliphatic rings. The Labute approximate surface area is 179 Å². The number of anilines is 1. The molecule has 160 valence electrons. The van der Waals surface area contributed by atoms with Crippen LogP contribution in [0.3, 0.4) is 0 Å². The van der Waals surface area contributed by atoms with E-state index in [1.807, 2.05) is 65.0 Å². The molecular weight excluding hydrogens is 375 g/mol. The van der Waals surface area contributed by atoms with Gasteiger partial charge in [-0.3, -0.25) is 4.79 Å². The van der Waals surface area contributed by atoms with Gasteiger partial charge in [-0.2, -0.15) is 0 Å². The Kier molecular flexibility index (Phi) is 6.96. The minimum atomic E-state index is -0.212. The molecule has 0 saturated heterocycles. The third kappa shape index (κ3) is 5.29. The number of halogens is 1. The van der Waals surface area contributed by atoms with Crippen molar-refractivity contribution >= 4 is 17.7 Å². The average molecular weight is 409 g/mol. The van der Waals surface area contributed by atoms with Crippen LogP contribution in [0.4, 0.5) is 10.1 Å². The molecule has 30 heavy (non-hydrogen) atoms. The largest absolute Gasteiger partial charge is 0.382 e. The lowest BCUT2D eigenvalue weighted by Gasteiger charge is -2.16. The lowest BCUT2D eigenvalue weighted by atomic mass is 9.93. The van der Waals surface area contributed by atoms with E-state index in [-0.39, 0.29) is 17.8 Å². The Bertz CT molecular complexity index is 956. The van der Waals surface area contributed by atoms with Crippen molar-refractivity contribution in [3.05, 3.63) is 58.4 Å². The van der Waals surface area contributed by atoms with Gasteiger partial charge >= 0.3 is 0 Å². The van der Waals surface area contributed by atoms with E-state index in [9.17, 15) is 9.18 Å². The molecule has 0 radical (unpaired) electrons. The number of benzene rings is 2. The molecule has 3 rings (SSSR count). The second kappa shape index (κ2) is 9.46. The first-order chi connectivity index (χ1) is 14.2. The predicted molar refractivity (Wildman–Crippen MR) is 124 cm³/mol. The summed E-state index contributed by atoms with van der Waals surface area (Å²) in [6, 6.07) is 10.0. The Morgan fingerprint density at radius 3 is 2.40 bits per heavy atom. The number of carbonyl (C=O) groups excluding carboxylic acids is 1. The van der Waals surface area contributed by atoms with Crippen molar-refractivity contribution < 1.29 is 9.18 Å². The molecule has 1 amide bonds. The lowest BCUT2D eigenvalue weighted by Crippen LogP contribution is -2.30. The van der Waals surface area contributed by atoms with Crippen molar-refractivity contribution in [3.8, 4) is 11.1 Å². The Hall–Kier alpha value is -2.62. The molecule has 0 aliphatic heterocycles. The summed E-state index contributed by atoms with van der Waals surface area (Å²) in [7, 11) is 0. The van der Waals surface area contributed by atoms with Crippen molar-refractivity contribution in [1.29, 1.82) is 0 Å². The van der Waals surface area contributed by atoms with Crippen molar-refractivity contribution in [2.45, 2.75) is 72.4 Å². The van der Waals surface area contributed by atoms with Crippen LogP contribution in [0.15, 0.2) is 35.9 Å². The average Bonchev–Trinajstić information content (AvgIpc) is 3.17. The SMILES string of the molecule is C/C(=C\c1cc(C)c(-c2ccc(NC3CCCC3)cc2F)cc1C)C(=O)NC(C)C. The van der Waals surface area contributed by atoms with Gasteiger partial charge in [0.25, 0.3) is 0 Å². The molecule has 0 spiro atoms. The van der Waals surface area contributed by atoms with Crippen molar-refractivity contribution in [2.75, 3.05) is 5.32 Å². The number of hydrogen-bond acceptors (Lipinski definition) is 2. The van der Waals surface area contributed by atoms with E-state index < -0.39 is 0 Å².